The molecule has 30 heavy (non-hydrogen) atoms. The largest absolute Gasteiger partial charge is 0.456 e. The van der Waals surface area contributed by atoms with Crippen molar-refractivity contribution in [1.82, 2.24) is 15.3 Å². The standard InChI is InChI=1S/C22H24N4O4/c1-26(2)16-9-7-15(8-10-16)13-23-20(27)14-30-21(28)12-11-19-24-18-6-4-3-5-17(18)22(29)25-19/h3-10H,11-14H2,1-2H3,(H,23,27)(H,24,25,29). The number of rotatable bonds is 8. The zero-order valence-corrected chi connectivity index (χ0v) is 17.0. The van der Waals surface area contributed by atoms with E-state index in [2.05, 4.69) is 15.3 Å². The molecule has 2 aromatic carbocycles. The van der Waals surface area contributed by atoms with Crippen LogP contribution >= 0.6 is 0 Å². The van der Waals surface area contributed by atoms with Crippen LogP contribution in [0.3, 0.4) is 0 Å². The van der Waals surface area contributed by atoms with Crippen LogP contribution in [0.25, 0.3) is 10.9 Å². The molecule has 0 spiro atoms. The summed E-state index contributed by atoms with van der Waals surface area (Å²) in [7, 11) is 3.91. The first kappa shape index (κ1) is 21.0. The molecule has 1 aromatic heterocycles. The Labute approximate surface area is 173 Å². The molecule has 1 amide bonds. The number of H-pyrrole nitrogens is 1. The van der Waals surface area contributed by atoms with Crippen LogP contribution in [0.15, 0.2) is 53.3 Å². The Morgan fingerprint density at radius 3 is 2.57 bits per heavy atom. The molecule has 0 atom stereocenters. The molecule has 0 saturated heterocycles. The molecule has 0 fully saturated rings. The average molecular weight is 408 g/mol. The number of hydrogen-bond acceptors (Lipinski definition) is 6. The third-order valence-electron chi connectivity index (χ3n) is 4.53. The topological polar surface area (TPSA) is 104 Å². The summed E-state index contributed by atoms with van der Waals surface area (Å²) in [5.74, 6) is -0.505. The van der Waals surface area contributed by atoms with Crippen molar-refractivity contribution >= 4 is 28.5 Å². The first-order chi connectivity index (χ1) is 14.4. The van der Waals surface area contributed by atoms with Crippen molar-refractivity contribution in [1.29, 1.82) is 0 Å². The maximum Gasteiger partial charge on any atom is 0.306 e. The number of fused-ring (bicyclic) bond motifs is 1. The van der Waals surface area contributed by atoms with Crippen molar-refractivity contribution in [3.05, 3.63) is 70.3 Å². The van der Waals surface area contributed by atoms with Gasteiger partial charge in [-0.15, -0.1) is 0 Å². The number of hydrogen-bond donors (Lipinski definition) is 2. The molecule has 0 aliphatic heterocycles. The van der Waals surface area contributed by atoms with Crippen LogP contribution in [0.4, 0.5) is 5.69 Å². The lowest BCUT2D eigenvalue weighted by molar-refractivity contribution is -0.148. The third kappa shape index (κ3) is 5.66. The van der Waals surface area contributed by atoms with Gasteiger partial charge in [-0.1, -0.05) is 24.3 Å². The first-order valence-electron chi connectivity index (χ1n) is 9.59. The fraction of sp³-hybridized carbons (Fsp3) is 0.273. The molecule has 3 rings (SSSR count). The molecule has 0 saturated carbocycles. The van der Waals surface area contributed by atoms with Crippen molar-refractivity contribution in [3.8, 4) is 0 Å². The van der Waals surface area contributed by atoms with Gasteiger partial charge in [0.05, 0.1) is 17.3 Å². The van der Waals surface area contributed by atoms with Gasteiger partial charge >= 0.3 is 5.97 Å². The number of anilines is 1. The van der Waals surface area contributed by atoms with Crippen LogP contribution in [0.1, 0.15) is 17.8 Å². The van der Waals surface area contributed by atoms with E-state index in [9.17, 15) is 14.4 Å². The number of aromatic nitrogens is 2. The Balaban J connectivity index is 1.42. The number of carbonyl (C=O) groups excluding carboxylic acids is 2. The second-order valence-electron chi connectivity index (χ2n) is 7.03. The maximum absolute atomic E-state index is 12.0. The highest BCUT2D eigenvalue weighted by molar-refractivity contribution is 5.80. The van der Waals surface area contributed by atoms with Gasteiger partial charge in [0.15, 0.2) is 6.61 Å². The smallest absolute Gasteiger partial charge is 0.306 e. The lowest BCUT2D eigenvalue weighted by atomic mass is 10.2. The number of para-hydroxylation sites is 1. The highest BCUT2D eigenvalue weighted by atomic mass is 16.5. The van der Waals surface area contributed by atoms with E-state index in [0.29, 0.717) is 23.3 Å². The van der Waals surface area contributed by atoms with Crippen LogP contribution < -0.4 is 15.8 Å². The molecule has 0 aliphatic rings. The normalized spacial score (nSPS) is 10.6. The highest BCUT2D eigenvalue weighted by Crippen LogP contribution is 2.12. The van der Waals surface area contributed by atoms with E-state index in [1.54, 1.807) is 24.3 Å². The fourth-order valence-electron chi connectivity index (χ4n) is 2.86. The van der Waals surface area contributed by atoms with Gasteiger partial charge in [0, 0.05) is 32.7 Å². The van der Waals surface area contributed by atoms with E-state index in [4.69, 9.17) is 4.74 Å². The van der Waals surface area contributed by atoms with Crippen LogP contribution in [-0.2, 0) is 27.3 Å². The Hall–Kier alpha value is -3.68. The number of ether oxygens (including phenoxy) is 1. The summed E-state index contributed by atoms with van der Waals surface area (Å²) in [4.78, 5) is 44.8. The summed E-state index contributed by atoms with van der Waals surface area (Å²) in [5, 5.41) is 3.21. The molecule has 1 heterocycles. The third-order valence-corrected chi connectivity index (χ3v) is 4.53. The summed E-state index contributed by atoms with van der Waals surface area (Å²) in [5.41, 5.74) is 2.34. The van der Waals surface area contributed by atoms with Crippen molar-refractivity contribution < 1.29 is 14.3 Å². The van der Waals surface area contributed by atoms with Gasteiger partial charge < -0.3 is 19.9 Å². The lowest BCUT2D eigenvalue weighted by Gasteiger charge is -2.13. The molecule has 8 nitrogen and oxygen atoms in total. The number of nitrogens with one attached hydrogen (secondary N) is 2. The van der Waals surface area contributed by atoms with Gasteiger partial charge in [0.2, 0.25) is 0 Å². The minimum atomic E-state index is -0.531. The lowest BCUT2D eigenvalue weighted by Crippen LogP contribution is -2.28. The van der Waals surface area contributed by atoms with Gasteiger partial charge in [-0.05, 0) is 29.8 Å². The molecule has 3 aromatic rings. The number of aromatic amines is 1. The van der Waals surface area contributed by atoms with E-state index in [1.807, 2.05) is 43.3 Å². The molecule has 2 N–H and O–H groups in total. The molecule has 0 bridgehead atoms. The Morgan fingerprint density at radius 2 is 1.83 bits per heavy atom. The summed E-state index contributed by atoms with van der Waals surface area (Å²) in [6.07, 6.45) is 0.235. The van der Waals surface area contributed by atoms with Crippen molar-refractivity contribution in [2.45, 2.75) is 19.4 Å². The summed E-state index contributed by atoms with van der Waals surface area (Å²) in [6.45, 7) is 0.00260. The van der Waals surface area contributed by atoms with E-state index >= 15 is 0 Å². The van der Waals surface area contributed by atoms with Gasteiger partial charge in [-0.25, -0.2) is 4.98 Å². The van der Waals surface area contributed by atoms with Gasteiger partial charge in [-0.2, -0.15) is 0 Å². The van der Waals surface area contributed by atoms with Gasteiger partial charge in [0.25, 0.3) is 11.5 Å². The summed E-state index contributed by atoms with van der Waals surface area (Å²) >= 11 is 0. The zero-order valence-electron chi connectivity index (χ0n) is 17.0. The first-order valence-corrected chi connectivity index (χ1v) is 9.59. The molecule has 156 valence electrons. The molecule has 0 unspecified atom stereocenters. The Morgan fingerprint density at radius 1 is 1.10 bits per heavy atom. The van der Waals surface area contributed by atoms with Gasteiger partial charge in [-0.3, -0.25) is 14.4 Å². The zero-order chi connectivity index (χ0) is 21.5. The Bertz CT molecular complexity index is 1090. The minimum Gasteiger partial charge on any atom is -0.456 e. The maximum atomic E-state index is 12.0. The van der Waals surface area contributed by atoms with E-state index in [-0.39, 0.29) is 30.9 Å². The van der Waals surface area contributed by atoms with Crippen LogP contribution in [-0.4, -0.2) is 42.5 Å². The average Bonchev–Trinajstić information content (AvgIpc) is 2.75. The number of nitrogens with zero attached hydrogens (tertiary/aromatic N) is 2. The van der Waals surface area contributed by atoms with Crippen LogP contribution in [0, 0.1) is 0 Å². The number of amides is 1. The minimum absolute atomic E-state index is 0.0144. The summed E-state index contributed by atoms with van der Waals surface area (Å²) < 4.78 is 5.00. The number of esters is 1. The number of aryl methyl sites for hydroxylation is 1. The number of carbonyl (C=O) groups is 2. The molecule has 8 heteroatoms. The van der Waals surface area contributed by atoms with E-state index < -0.39 is 5.97 Å². The van der Waals surface area contributed by atoms with Crippen molar-refractivity contribution in [3.63, 3.8) is 0 Å². The SMILES string of the molecule is CN(C)c1ccc(CNC(=O)COC(=O)CCc2nc3ccccc3c(=O)[nH]2)cc1. The molecule has 0 radical (unpaired) electrons. The second kappa shape index (κ2) is 9.69. The monoisotopic (exact) mass is 408 g/mol. The quantitative estimate of drug-likeness (QED) is 0.551. The highest BCUT2D eigenvalue weighted by Gasteiger charge is 2.10. The molecular weight excluding hydrogens is 384 g/mol. The predicted octanol–water partition coefficient (Wildman–Crippen LogP) is 1.78. The van der Waals surface area contributed by atoms with Gasteiger partial charge in [0.1, 0.15) is 5.82 Å². The molecular formula is C22H24N4O4. The van der Waals surface area contributed by atoms with E-state index in [0.717, 1.165) is 11.3 Å². The molecule has 0 aliphatic carbocycles. The van der Waals surface area contributed by atoms with E-state index in [1.165, 1.54) is 0 Å². The van der Waals surface area contributed by atoms with Crippen molar-refractivity contribution in [2.24, 2.45) is 0 Å². The predicted molar refractivity (Wildman–Crippen MR) is 114 cm³/mol. The van der Waals surface area contributed by atoms with Crippen molar-refractivity contribution in [2.75, 3.05) is 25.6 Å². The second-order valence-corrected chi connectivity index (χ2v) is 7.03. The van der Waals surface area contributed by atoms with Crippen LogP contribution in [0.5, 0.6) is 0 Å². The van der Waals surface area contributed by atoms with Crippen LogP contribution in [0.2, 0.25) is 0 Å². The number of benzene rings is 2. The Kier molecular flexibility index (Phi) is 6.79. The summed E-state index contributed by atoms with van der Waals surface area (Å²) in [6, 6.07) is 14.8. The fourth-order valence-corrected chi connectivity index (χ4v) is 2.86.